The van der Waals surface area contributed by atoms with Crippen LogP contribution in [0.3, 0.4) is 0 Å². The zero-order chi connectivity index (χ0) is 17.9. The molecule has 2 rings (SSSR count). The highest BCUT2D eigenvalue weighted by atomic mass is 35.5. The number of amides is 2. The molecule has 8 heteroatoms. The summed E-state index contributed by atoms with van der Waals surface area (Å²) < 4.78 is 15.6. The second-order valence-electron chi connectivity index (χ2n) is 5.14. The van der Waals surface area contributed by atoms with E-state index in [0.717, 1.165) is 0 Å². The van der Waals surface area contributed by atoms with Crippen LogP contribution in [0.4, 0.5) is 4.79 Å². The summed E-state index contributed by atoms with van der Waals surface area (Å²) in [6, 6.07) is 1.99. The summed E-state index contributed by atoms with van der Waals surface area (Å²) in [6.45, 7) is 3.89. The number of carbonyl (C=O) groups excluding carboxylic acids is 2. The fourth-order valence-electron chi connectivity index (χ4n) is 2.63. The van der Waals surface area contributed by atoms with Crippen LogP contribution in [0.15, 0.2) is 17.1 Å². The van der Waals surface area contributed by atoms with Crippen molar-refractivity contribution in [2.24, 2.45) is 10.9 Å². The van der Waals surface area contributed by atoms with Gasteiger partial charge in [-0.1, -0.05) is 11.6 Å². The summed E-state index contributed by atoms with van der Waals surface area (Å²) in [5, 5.41) is 3.00. The smallest absolute Gasteiger partial charge is 0.341 e. The van der Waals surface area contributed by atoms with Gasteiger partial charge >= 0.3 is 12.0 Å². The minimum Gasteiger partial charge on any atom is -0.493 e. The van der Waals surface area contributed by atoms with Gasteiger partial charge in [0.25, 0.3) is 0 Å². The van der Waals surface area contributed by atoms with E-state index >= 15 is 0 Å². The largest absolute Gasteiger partial charge is 0.493 e. The number of urea groups is 1. The van der Waals surface area contributed by atoms with Crippen molar-refractivity contribution in [2.75, 3.05) is 20.8 Å². The van der Waals surface area contributed by atoms with Crippen LogP contribution in [0.5, 0.6) is 11.5 Å². The molecule has 0 fully saturated rings. The van der Waals surface area contributed by atoms with Gasteiger partial charge < -0.3 is 19.5 Å². The van der Waals surface area contributed by atoms with Crippen molar-refractivity contribution in [1.29, 1.82) is 0 Å². The molecule has 2 unspecified atom stereocenters. The fourth-order valence-corrected chi connectivity index (χ4v) is 2.90. The Kier molecular flexibility index (Phi) is 5.66. The molecule has 1 aliphatic rings. The first kappa shape index (κ1) is 18.1. The molecule has 0 saturated heterocycles. The normalized spacial score (nSPS) is 20.0. The van der Waals surface area contributed by atoms with Gasteiger partial charge in [-0.2, -0.15) is 0 Å². The Morgan fingerprint density at radius 3 is 2.62 bits per heavy atom. The van der Waals surface area contributed by atoms with E-state index in [-0.39, 0.29) is 0 Å². The molecule has 0 spiro atoms. The molecule has 0 saturated carbocycles. The molecule has 1 aromatic carbocycles. The first-order valence-electron chi connectivity index (χ1n) is 7.36. The lowest BCUT2D eigenvalue weighted by Crippen LogP contribution is -2.44. The first-order valence-corrected chi connectivity index (χ1v) is 7.74. The van der Waals surface area contributed by atoms with Gasteiger partial charge in [-0.15, -0.1) is 0 Å². The number of halogens is 1. The molecular formula is C16H19ClN2O5. The molecule has 2 atom stereocenters. The lowest BCUT2D eigenvalue weighted by atomic mass is 9.88. The van der Waals surface area contributed by atoms with Gasteiger partial charge in [-0.25, -0.2) is 9.79 Å². The number of methoxy groups -OCH3 is 2. The number of nitrogens with zero attached hydrogens (tertiary/aromatic N) is 1. The topological polar surface area (TPSA) is 86.2 Å². The van der Waals surface area contributed by atoms with E-state index in [1.54, 1.807) is 19.1 Å². The van der Waals surface area contributed by atoms with Crippen molar-refractivity contribution in [1.82, 2.24) is 5.32 Å². The first-order chi connectivity index (χ1) is 11.4. The summed E-state index contributed by atoms with van der Waals surface area (Å²) in [5.41, 5.74) is 0.884. The third-order valence-corrected chi connectivity index (χ3v) is 4.04. The zero-order valence-electron chi connectivity index (χ0n) is 13.9. The van der Waals surface area contributed by atoms with Gasteiger partial charge in [0.15, 0.2) is 11.5 Å². The quantitative estimate of drug-likeness (QED) is 0.822. The number of carbonyl (C=O) groups is 2. The second kappa shape index (κ2) is 7.53. The van der Waals surface area contributed by atoms with Crippen molar-refractivity contribution in [3.05, 3.63) is 22.7 Å². The lowest BCUT2D eigenvalue weighted by molar-refractivity contribution is -0.143. The molecule has 1 heterocycles. The van der Waals surface area contributed by atoms with Crippen LogP contribution in [-0.2, 0) is 9.53 Å². The SMILES string of the molecule is CCOc1cc(Cl)c(C2NC(=O)N=C(C)C2C(=O)OC)cc1OC. The maximum Gasteiger partial charge on any atom is 0.341 e. The Balaban J connectivity index is 2.53. The van der Waals surface area contributed by atoms with Crippen LogP contribution in [0.2, 0.25) is 5.02 Å². The molecule has 130 valence electrons. The molecule has 1 aliphatic heterocycles. The van der Waals surface area contributed by atoms with Crippen molar-refractivity contribution in [3.8, 4) is 11.5 Å². The number of benzene rings is 1. The van der Waals surface area contributed by atoms with Crippen molar-refractivity contribution < 1.29 is 23.8 Å². The number of hydrogen-bond donors (Lipinski definition) is 1. The Hall–Kier alpha value is -2.28. The summed E-state index contributed by atoms with van der Waals surface area (Å²) >= 11 is 6.36. The van der Waals surface area contributed by atoms with Gasteiger partial charge in [-0.05, 0) is 25.5 Å². The summed E-state index contributed by atoms with van der Waals surface area (Å²) in [5.74, 6) is -0.344. The fraction of sp³-hybridized carbons (Fsp3) is 0.438. The maximum absolute atomic E-state index is 12.1. The van der Waals surface area contributed by atoms with E-state index in [9.17, 15) is 9.59 Å². The summed E-state index contributed by atoms with van der Waals surface area (Å²) in [4.78, 5) is 27.7. The number of rotatable bonds is 5. The molecule has 0 aliphatic carbocycles. The molecule has 2 amide bonds. The lowest BCUT2D eigenvalue weighted by Gasteiger charge is -2.30. The Bertz CT molecular complexity index is 689. The van der Waals surface area contributed by atoms with Crippen LogP contribution in [0.1, 0.15) is 25.5 Å². The molecule has 1 aromatic rings. The summed E-state index contributed by atoms with van der Waals surface area (Å²) in [6.07, 6.45) is 0. The molecule has 7 nitrogen and oxygen atoms in total. The van der Waals surface area contributed by atoms with Crippen LogP contribution < -0.4 is 14.8 Å². The van der Waals surface area contributed by atoms with E-state index in [0.29, 0.717) is 34.4 Å². The number of nitrogens with one attached hydrogen (secondary N) is 1. The highest BCUT2D eigenvalue weighted by Gasteiger charge is 2.39. The van der Waals surface area contributed by atoms with Gasteiger partial charge in [0.1, 0.15) is 5.92 Å². The average Bonchev–Trinajstić information content (AvgIpc) is 2.54. The van der Waals surface area contributed by atoms with Gasteiger partial charge in [0.05, 0.1) is 26.9 Å². The van der Waals surface area contributed by atoms with Crippen LogP contribution in [-0.4, -0.2) is 38.5 Å². The third-order valence-electron chi connectivity index (χ3n) is 3.71. The predicted octanol–water partition coefficient (Wildman–Crippen LogP) is 2.76. The molecule has 0 radical (unpaired) electrons. The van der Waals surface area contributed by atoms with Crippen LogP contribution in [0, 0.1) is 5.92 Å². The Labute approximate surface area is 144 Å². The number of hydrogen-bond acceptors (Lipinski definition) is 5. The molecule has 24 heavy (non-hydrogen) atoms. The van der Waals surface area contributed by atoms with Gasteiger partial charge in [0.2, 0.25) is 0 Å². The van der Waals surface area contributed by atoms with E-state index in [4.69, 9.17) is 25.8 Å². The number of esters is 1. The minimum atomic E-state index is -0.771. The van der Waals surface area contributed by atoms with E-state index in [2.05, 4.69) is 10.3 Å². The van der Waals surface area contributed by atoms with Crippen molar-refractivity contribution in [3.63, 3.8) is 0 Å². The van der Waals surface area contributed by atoms with E-state index in [1.807, 2.05) is 6.92 Å². The molecule has 1 N–H and O–H groups in total. The summed E-state index contributed by atoms with van der Waals surface area (Å²) in [7, 11) is 2.78. The van der Waals surface area contributed by atoms with Gasteiger partial charge in [-0.3, -0.25) is 4.79 Å². The Morgan fingerprint density at radius 1 is 1.33 bits per heavy atom. The highest BCUT2D eigenvalue weighted by molar-refractivity contribution is 6.31. The maximum atomic E-state index is 12.1. The monoisotopic (exact) mass is 354 g/mol. The Morgan fingerprint density at radius 2 is 2.04 bits per heavy atom. The predicted molar refractivity (Wildman–Crippen MR) is 89.1 cm³/mol. The zero-order valence-corrected chi connectivity index (χ0v) is 14.6. The average molecular weight is 355 g/mol. The van der Waals surface area contributed by atoms with Gasteiger partial charge in [0, 0.05) is 16.8 Å². The van der Waals surface area contributed by atoms with Crippen molar-refractivity contribution in [2.45, 2.75) is 19.9 Å². The van der Waals surface area contributed by atoms with E-state index in [1.165, 1.54) is 14.2 Å². The molecular weight excluding hydrogens is 336 g/mol. The standard InChI is InChI=1S/C16H19ClN2O5/c1-5-24-12-7-10(17)9(6-11(12)22-3)14-13(15(20)23-4)8(2)18-16(21)19-14/h6-7,13-14H,5H2,1-4H3,(H,19,21). The van der Waals surface area contributed by atoms with E-state index < -0.39 is 24.0 Å². The molecule has 0 aromatic heterocycles. The third kappa shape index (κ3) is 3.46. The van der Waals surface area contributed by atoms with Crippen LogP contribution in [0.25, 0.3) is 0 Å². The number of ether oxygens (including phenoxy) is 3. The molecule has 0 bridgehead atoms. The minimum absolute atomic E-state index is 0.341. The second-order valence-corrected chi connectivity index (χ2v) is 5.55. The highest BCUT2D eigenvalue weighted by Crippen LogP contribution is 2.39. The van der Waals surface area contributed by atoms with Crippen molar-refractivity contribution >= 4 is 29.3 Å². The number of aliphatic imine (C=N–C) groups is 1. The van der Waals surface area contributed by atoms with Crippen LogP contribution >= 0.6 is 11.6 Å².